The maximum absolute atomic E-state index is 12.4. The Bertz CT molecular complexity index is 559. The number of amides is 1. The lowest BCUT2D eigenvalue weighted by molar-refractivity contribution is -0.174. The first-order valence-electron chi connectivity index (χ1n) is 6.01. The number of methoxy groups -OCH3 is 2. The van der Waals surface area contributed by atoms with E-state index in [1.54, 1.807) is 5.32 Å². The molecule has 22 heavy (non-hydrogen) atoms. The zero-order valence-corrected chi connectivity index (χ0v) is 11.7. The van der Waals surface area contributed by atoms with Crippen molar-refractivity contribution in [3.63, 3.8) is 0 Å². The highest BCUT2D eigenvalue weighted by Crippen LogP contribution is 2.36. The summed E-state index contributed by atoms with van der Waals surface area (Å²) in [6, 6.07) is 2.87. The van der Waals surface area contributed by atoms with Crippen LogP contribution in [0.25, 0.3) is 0 Å². The van der Waals surface area contributed by atoms with Crippen LogP contribution in [0.5, 0.6) is 11.5 Å². The van der Waals surface area contributed by atoms with Crippen LogP contribution >= 0.6 is 0 Å². The van der Waals surface area contributed by atoms with Gasteiger partial charge in [-0.2, -0.15) is 13.2 Å². The Morgan fingerprint density at radius 3 is 2.36 bits per heavy atom. The van der Waals surface area contributed by atoms with E-state index in [2.05, 4.69) is 0 Å². The van der Waals surface area contributed by atoms with Crippen LogP contribution in [0.4, 0.5) is 13.2 Å². The zero-order valence-electron chi connectivity index (χ0n) is 11.7. The number of carbonyl (C=O) groups is 2. The molecule has 0 aliphatic carbocycles. The van der Waals surface area contributed by atoms with Crippen molar-refractivity contribution in [2.24, 2.45) is 0 Å². The van der Waals surface area contributed by atoms with Crippen molar-refractivity contribution in [3.05, 3.63) is 23.8 Å². The molecule has 0 aromatic heterocycles. The highest BCUT2D eigenvalue weighted by atomic mass is 19.4. The third-order valence-electron chi connectivity index (χ3n) is 2.75. The fraction of sp³-hybridized carbons (Fsp3) is 0.385. The van der Waals surface area contributed by atoms with Crippen LogP contribution in [-0.4, -0.2) is 37.4 Å². The van der Waals surface area contributed by atoms with E-state index in [-0.39, 0.29) is 17.1 Å². The number of aliphatic carboxylic acids is 1. The lowest BCUT2D eigenvalue weighted by atomic mass is 10.0. The predicted molar refractivity (Wildman–Crippen MR) is 68.7 cm³/mol. The van der Waals surface area contributed by atoms with Crippen molar-refractivity contribution >= 4 is 11.9 Å². The maximum atomic E-state index is 12.4. The Morgan fingerprint density at radius 1 is 1.27 bits per heavy atom. The van der Waals surface area contributed by atoms with E-state index >= 15 is 0 Å². The molecule has 2 N–H and O–H groups in total. The van der Waals surface area contributed by atoms with E-state index in [4.69, 9.17) is 14.6 Å². The average molecular weight is 321 g/mol. The number of ether oxygens (including phenoxy) is 2. The second-order valence-corrected chi connectivity index (χ2v) is 4.20. The minimum absolute atomic E-state index is 0.0544. The second-order valence-electron chi connectivity index (χ2n) is 4.20. The number of alkyl halides is 3. The largest absolute Gasteiger partial charge is 0.493 e. The molecule has 1 rings (SSSR count). The summed E-state index contributed by atoms with van der Waals surface area (Å²) in [5.41, 5.74) is 0.0712. The summed E-state index contributed by atoms with van der Waals surface area (Å²) in [5.74, 6) is -3.35. The third kappa shape index (κ3) is 4.27. The summed E-state index contributed by atoms with van der Waals surface area (Å²) >= 11 is 0. The normalized spacial score (nSPS) is 12.4. The van der Waals surface area contributed by atoms with Gasteiger partial charge in [0.1, 0.15) is 0 Å². The Kier molecular flexibility index (Phi) is 5.61. The molecule has 1 aromatic carbocycles. The highest BCUT2D eigenvalue weighted by Gasteiger charge is 2.40. The molecule has 0 saturated carbocycles. The van der Waals surface area contributed by atoms with Crippen LogP contribution in [0.15, 0.2) is 18.2 Å². The first-order valence-corrected chi connectivity index (χ1v) is 6.01. The standard InChI is InChI=1S/C13H14F3NO5/c1-21-9-5-3-4-7(11(9)22-2)8(6-10(18)19)17-12(20)13(14,15)16/h3-5,8H,6H2,1-2H3,(H,17,20)(H,18,19). The molecule has 9 heteroatoms. The topological polar surface area (TPSA) is 84.9 Å². The Labute approximate surface area is 123 Å². The van der Waals surface area contributed by atoms with Crippen molar-refractivity contribution in [1.29, 1.82) is 0 Å². The molecule has 0 radical (unpaired) electrons. The first kappa shape index (κ1) is 17.6. The van der Waals surface area contributed by atoms with E-state index in [1.807, 2.05) is 0 Å². The van der Waals surface area contributed by atoms with Crippen molar-refractivity contribution in [2.45, 2.75) is 18.6 Å². The summed E-state index contributed by atoms with van der Waals surface area (Å²) < 4.78 is 47.2. The first-order chi connectivity index (χ1) is 10.2. The fourth-order valence-corrected chi connectivity index (χ4v) is 1.84. The van der Waals surface area contributed by atoms with E-state index in [0.717, 1.165) is 0 Å². The van der Waals surface area contributed by atoms with Gasteiger partial charge in [0.2, 0.25) is 0 Å². The second kappa shape index (κ2) is 7.01. The lowest BCUT2D eigenvalue weighted by Gasteiger charge is -2.21. The molecule has 1 unspecified atom stereocenters. The van der Waals surface area contributed by atoms with Crippen molar-refractivity contribution < 1.29 is 37.3 Å². The molecule has 0 aliphatic rings. The summed E-state index contributed by atoms with van der Waals surface area (Å²) in [7, 11) is 2.58. The minimum Gasteiger partial charge on any atom is -0.493 e. The summed E-state index contributed by atoms with van der Waals surface area (Å²) in [6.45, 7) is 0. The quantitative estimate of drug-likeness (QED) is 0.836. The molecule has 0 saturated heterocycles. The molecule has 0 fully saturated rings. The number of hydrogen-bond donors (Lipinski definition) is 2. The van der Waals surface area contributed by atoms with Gasteiger partial charge in [-0.3, -0.25) is 9.59 Å². The van der Waals surface area contributed by atoms with Crippen LogP contribution in [0, 0.1) is 0 Å². The van der Waals surface area contributed by atoms with Gasteiger partial charge in [0.25, 0.3) is 0 Å². The van der Waals surface area contributed by atoms with Gasteiger partial charge in [-0.15, -0.1) is 0 Å². The molecule has 0 aliphatic heterocycles. The van der Waals surface area contributed by atoms with E-state index in [9.17, 15) is 22.8 Å². The number of rotatable bonds is 6. The number of hydrogen-bond acceptors (Lipinski definition) is 4. The lowest BCUT2D eigenvalue weighted by Crippen LogP contribution is -2.40. The fourth-order valence-electron chi connectivity index (χ4n) is 1.84. The predicted octanol–water partition coefficient (Wildman–Crippen LogP) is 1.90. The molecule has 0 spiro atoms. The molecule has 122 valence electrons. The number of carbonyl (C=O) groups excluding carboxylic acids is 1. The zero-order chi connectivity index (χ0) is 16.9. The molecular weight excluding hydrogens is 307 g/mol. The van der Waals surface area contributed by atoms with Gasteiger partial charge in [-0.05, 0) is 6.07 Å². The van der Waals surface area contributed by atoms with Gasteiger partial charge in [0, 0.05) is 5.56 Å². The van der Waals surface area contributed by atoms with Crippen LogP contribution in [-0.2, 0) is 9.59 Å². The van der Waals surface area contributed by atoms with Gasteiger partial charge in [0.05, 0.1) is 26.7 Å². The molecule has 0 heterocycles. The summed E-state index contributed by atoms with van der Waals surface area (Å²) in [4.78, 5) is 21.9. The number of nitrogens with one attached hydrogen (secondary N) is 1. The summed E-state index contributed by atoms with van der Waals surface area (Å²) in [5, 5.41) is 10.5. The molecule has 1 amide bonds. The Balaban J connectivity index is 3.23. The molecule has 0 bridgehead atoms. The maximum Gasteiger partial charge on any atom is 0.471 e. The monoisotopic (exact) mass is 321 g/mol. The Morgan fingerprint density at radius 2 is 1.91 bits per heavy atom. The van der Waals surface area contributed by atoms with Gasteiger partial charge in [-0.1, -0.05) is 12.1 Å². The van der Waals surface area contributed by atoms with Gasteiger partial charge >= 0.3 is 18.1 Å². The number of para-hydroxylation sites is 1. The molecule has 1 aromatic rings. The average Bonchev–Trinajstić information content (AvgIpc) is 2.43. The van der Waals surface area contributed by atoms with E-state index in [0.29, 0.717) is 0 Å². The van der Waals surface area contributed by atoms with Gasteiger partial charge in [-0.25, -0.2) is 0 Å². The van der Waals surface area contributed by atoms with Crippen molar-refractivity contribution in [3.8, 4) is 11.5 Å². The minimum atomic E-state index is -5.12. The molecule has 6 nitrogen and oxygen atoms in total. The van der Waals surface area contributed by atoms with E-state index in [1.165, 1.54) is 32.4 Å². The van der Waals surface area contributed by atoms with Crippen LogP contribution in [0.1, 0.15) is 18.0 Å². The third-order valence-corrected chi connectivity index (χ3v) is 2.75. The van der Waals surface area contributed by atoms with E-state index < -0.39 is 30.5 Å². The smallest absolute Gasteiger partial charge is 0.471 e. The molecule has 1 atom stereocenters. The SMILES string of the molecule is COc1cccc(C(CC(=O)O)NC(=O)C(F)(F)F)c1OC. The van der Waals surface area contributed by atoms with Crippen LogP contribution in [0.3, 0.4) is 0 Å². The number of carboxylic acids is 1. The van der Waals surface area contributed by atoms with Crippen molar-refractivity contribution in [1.82, 2.24) is 5.32 Å². The highest BCUT2D eigenvalue weighted by molar-refractivity contribution is 5.83. The summed E-state index contributed by atoms with van der Waals surface area (Å²) in [6.07, 6.45) is -5.87. The van der Waals surface area contributed by atoms with Crippen LogP contribution in [0.2, 0.25) is 0 Å². The number of benzene rings is 1. The van der Waals surface area contributed by atoms with Gasteiger partial charge < -0.3 is 19.9 Å². The number of carboxylic acid groups (broad SMARTS) is 1. The van der Waals surface area contributed by atoms with Crippen LogP contribution < -0.4 is 14.8 Å². The van der Waals surface area contributed by atoms with Crippen molar-refractivity contribution in [2.75, 3.05) is 14.2 Å². The number of halogens is 3. The Hall–Kier alpha value is -2.45. The molecular formula is C13H14F3NO5. The van der Waals surface area contributed by atoms with Gasteiger partial charge in [0.15, 0.2) is 11.5 Å².